The number of ether oxygens (including phenoxy) is 1. The van der Waals surface area contributed by atoms with Gasteiger partial charge in [0, 0.05) is 19.1 Å². The maximum atomic E-state index is 11.5. The molecule has 0 saturated carbocycles. The van der Waals surface area contributed by atoms with E-state index in [1.54, 1.807) is 4.90 Å². The van der Waals surface area contributed by atoms with Crippen LogP contribution in [0.4, 0.5) is 4.79 Å². The van der Waals surface area contributed by atoms with Gasteiger partial charge in [-0.3, -0.25) is 0 Å². The minimum absolute atomic E-state index is 0.156. The number of nitrogens with zero attached hydrogens (tertiary/aromatic N) is 1. The van der Waals surface area contributed by atoms with Crippen LogP contribution < -0.4 is 5.32 Å². The van der Waals surface area contributed by atoms with Gasteiger partial charge in [-0.25, -0.2) is 4.79 Å². The highest BCUT2D eigenvalue weighted by Gasteiger charge is 2.25. The Labute approximate surface area is 85.6 Å². The third kappa shape index (κ3) is 3.18. The summed E-state index contributed by atoms with van der Waals surface area (Å²) in [6.07, 6.45) is 2.89. The number of likely N-dealkylation sites (tertiary alicyclic amines) is 1. The first-order chi connectivity index (χ1) is 6.77. The zero-order valence-electron chi connectivity index (χ0n) is 9.08. The van der Waals surface area contributed by atoms with E-state index >= 15 is 0 Å². The quantitative estimate of drug-likeness (QED) is 0.694. The molecule has 1 aliphatic heterocycles. The molecule has 1 fully saturated rings. The Morgan fingerprint density at radius 2 is 2.43 bits per heavy atom. The molecule has 1 saturated heterocycles. The lowest BCUT2D eigenvalue weighted by Gasteiger charge is -2.15. The summed E-state index contributed by atoms with van der Waals surface area (Å²) in [6.45, 7) is 4.23. The molecule has 0 aromatic carbocycles. The fraction of sp³-hybridized carbons (Fsp3) is 0.900. The first-order valence-electron chi connectivity index (χ1n) is 5.37. The molecule has 0 aromatic heterocycles. The summed E-state index contributed by atoms with van der Waals surface area (Å²) < 4.78 is 5.12. The first kappa shape index (κ1) is 11.3. The van der Waals surface area contributed by atoms with Gasteiger partial charge in [-0.1, -0.05) is 13.3 Å². The molecule has 1 atom stereocenters. The van der Waals surface area contributed by atoms with Crippen LogP contribution in [-0.2, 0) is 4.74 Å². The Kier molecular flexibility index (Phi) is 4.73. The average molecular weight is 200 g/mol. The van der Waals surface area contributed by atoms with Crippen molar-refractivity contribution < 1.29 is 9.53 Å². The zero-order valence-corrected chi connectivity index (χ0v) is 9.08. The van der Waals surface area contributed by atoms with Crippen molar-refractivity contribution in [3.8, 4) is 0 Å². The van der Waals surface area contributed by atoms with Crippen LogP contribution in [0.25, 0.3) is 0 Å². The summed E-state index contributed by atoms with van der Waals surface area (Å²) in [5.74, 6) is 0. The molecule has 0 spiro atoms. The fourth-order valence-electron chi connectivity index (χ4n) is 1.56. The van der Waals surface area contributed by atoms with Gasteiger partial charge < -0.3 is 15.0 Å². The molecule has 1 rings (SSSR count). The predicted octanol–water partition coefficient (Wildman–Crippen LogP) is 1.22. The molecule has 0 unspecified atom stereocenters. The van der Waals surface area contributed by atoms with E-state index in [2.05, 4.69) is 12.2 Å². The van der Waals surface area contributed by atoms with Gasteiger partial charge in [0.05, 0.1) is 6.61 Å². The summed E-state index contributed by atoms with van der Waals surface area (Å²) in [7, 11) is 1.93. The minimum Gasteiger partial charge on any atom is -0.449 e. The first-order valence-corrected chi connectivity index (χ1v) is 5.37. The van der Waals surface area contributed by atoms with Crippen molar-refractivity contribution in [3.05, 3.63) is 0 Å². The van der Waals surface area contributed by atoms with Crippen LogP contribution in [0.5, 0.6) is 0 Å². The second kappa shape index (κ2) is 5.86. The standard InChI is InChI=1S/C10H20N2O2/c1-3-4-7-14-10(13)12-6-5-9(8-12)11-2/h9,11H,3-8H2,1-2H3/t9-/m0/s1. The van der Waals surface area contributed by atoms with E-state index in [0.717, 1.165) is 32.4 Å². The fourth-order valence-corrected chi connectivity index (χ4v) is 1.56. The van der Waals surface area contributed by atoms with Crippen molar-refractivity contribution in [2.45, 2.75) is 32.2 Å². The number of unbranched alkanes of at least 4 members (excludes halogenated alkanes) is 1. The van der Waals surface area contributed by atoms with Crippen molar-refractivity contribution in [2.24, 2.45) is 0 Å². The largest absolute Gasteiger partial charge is 0.449 e. The molecule has 1 aliphatic rings. The predicted molar refractivity (Wildman–Crippen MR) is 55.3 cm³/mol. The van der Waals surface area contributed by atoms with Crippen LogP contribution in [0, 0.1) is 0 Å². The minimum atomic E-state index is -0.156. The molecule has 0 aromatic rings. The molecule has 1 heterocycles. The molecule has 1 N–H and O–H groups in total. The number of hydrogen-bond donors (Lipinski definition) is 1. The van der Waals surface area contributed by atoms with Gasteiger partial charge in [0.1, 0.15) is 0 Å². The van der Waals surface area contributed by atoms with Crippen molar-refractivity contribution in [1.82, 2.24) is 10.2 Å². The van der Waals surface area contributed by atoms with Crippen molar-refractivity contribution in [2.75, 3.05) is 26.7 Å². The van der Waals surface area contributed by atoms with Gasteiger partial charge in [-0.2, -0.15) is 0 Å². The van der Waals surface area contributed by atoms with E-state index in [1.165, 1.54) is 0 Å². The van der Waals surface area contributed by atoms with E-state index in [9.17, 15) is 4.79 Å². The summed E-state index contributed by atoms with van der Waals surface area (Å²) in [4.78, 5) is 13.2. The monoisotopic (exact) mass is 200 g/mol. The highest BCUT2D eigenvalue weighted by atomic mass is 16.6. The van der Waals surface area contributed by atoms with Crippen LogP contribution in [0.2, 0.25) is 0 Å². The molecular weight excluding hydrogens is 180 g/mol. The zero-order chi connectivity index (χ0) is 10.4. The second-order valence-corrected chi connectivity index (χ2v) is 3.69. The highest BCUT2D eigenvalue weighted by Crippen LogP contribution is 2.10. The average Bonchev–Trinajstić information content (AvgIpc) is 2.66. The summed E-state index contributed by atoms with van der Waals surface area (Å²) in [6, 6.07) is 0.439. The smallest absolute Gasteiger partial charge is 0.409 e. The van der Waals surface area contributed by atoms with Crippen molar-refractivity contribution >= 4 is 6.09 Å². The Balaban J connectivity index is 2.18. The van der Waals surface area contributed by atoms with Crippen molar-refractivity contribution in [3.63, 3.8) is 0 Å². The van der Waals surface area contributed by atoms with E-state index in [1.807, 2.05) is 7.05 Å². The SMILES string of the molecule is CCCCOC(=O)N1CC[C@H](NC)C1. The molecule has 4 nitrogen and oxygen atoms in total. The molecule has 0 aliphatic carbocycles. The number of amides is 1. The molecule has 14 heavy (non-hydrogen) atoms. The van der Waals surface area contributed by atoms with Crippen LogP contribution in [0.3, 0.4) is 0 Å². The van der Waals surface area contributed by atoms with E-state index < -0.39 is 0 Å². The van der Waals surface area contributed by atoms with Crippen LogP contribution in [0.1, 0.15) is 26.2 Å². The third-order valence-electron chi connectivity index (χ3n) is 2.58. The lowest BCUT2D eigenvalue weighted by atomic mass is 10.3. The normalized spacial score (nSPS) is 21.3. The van der Waals surface area contributed by atoms with Gasteiger partial charge in [0.2, 0.25) is 0 Å². The van der Waals surface area contributed by atoms with Crippen LogP contribution >= 0.6 is 0 Å². The number of hydrogen-bond acceptors (Lipinski definition) is 3. The van der Waals surface area contributed by atoms with E-state index in [4.69, 9.17) is 4.74 Å². The molecule has 4 heteroatoms. The number of carbonyl (C=O) groups is 1. The summed E-state index contributed by atoms with van der Waals surface area (Å²) >= 11 is 0. The number of rotatable bonds is 4. The lowest BCUT2D eigenvalue weighted by Crippen LogP contribution is -2.33. The topological polar surface area (TPSA) is 41.6 Å². The Hall–Kier alpha value is -0.770. The number of nitrogens with one attached hydrogen (secondary N) is 1. The molecule has 0 bridgehead atoms. The van der Waals surface area contributed by atoms with Crippen LogP contribution in [-0.4, -0.2) is 43.8 Å². The van der Waals surface area contributed by atoms with E-state index in [0.29, 0.717) is 12.6 Å². The van der Waals surface area contributed by atoms with Gasteiger partial charge >= 0.3 is 6.09 Å². The number of carbonyl (C=O) groups excluding carboxylic acids is 1. The van der Waals surface area contributed by atoms with Gasteiger partial charge in [-0.15, -0.1) is 0 Å². The molecule has 82 valence electrons. The molecule has 1 amide bonds. The van der Waals surface area contributed by atoms with Crippen LogP contribution in [0.15, 0.2) is 0 Å². The second-order valence-electron chi connectivity index (χ2n) is 3.69. The third-order valence-corrected chi connectivity index (χ3v) is 2.58. The van der Waals surface area contributed by atoms with Gasteiger partial charge in [0.15, 0.2) is 0 Å². The maximum absolute atomic E-state index is 11.5. The van der Waals surface area contributed by atoms with Gasteiger partial charge in [-0.05, 0) is 19.9 Å². The van der Waals surface area contributed by atoms with Crippen molar-refractivity contribution in [1.29, 1.82) is 0 Å². The Morgan fingerprint density at radius 3 is 3.00 bits per heavy atom. The summed E-state index contributed by atoms with van der Waals surface area (Å²) in [5, 5.41) is 3.17. The van der Waals surface area contributed by atoms with Gasteiger partial charge in [0.25, 0.3) is 0 Å². The molecule has 0 radical (unpaired) electrons. The Bertz CT molecular complexity index is 185. The number of likely N-dealkylation sites (N-methyl/N-ethyl adjacent to an activating group) is 1. The summed E-state index contributed by atoms with van der Waals surface area (Å²) in [5.41, 5.74) is 0. The highest BCUT2D eigenvalue weighted by molar-refractivity contribution is 5.68. The molecular formula is C10H20N2O2. The van der Waals surface area contributed by atoms with E-state index in [-0.39, 0.29) is 6.09 Å². The Morgan fingerprint density at radius 1 is 1.64 bits per heavy atom. The maximum Gasteiger partial charge on any atom is 0.409 e. The lowest BCUT2D eigenvalue weighted by molar-refractivity contribution is 0.108.